The molecule has 1 unspecified atom stereocenters. The van der Waals surface area contributed by atoms with Gasteiger partial charge < -0.3 is 20.3 Å². The van der Waals surface area contributed by atoms with Crippen LogP contribution < -0.4 is 15.4 Å². The molecular weight excluding hydrogens is 428 g/mol. The Morgan fingerprint density at radius 1 is 1.00 bits per heavy atom. The average Bonchev–Trinajstić information content (AvgIpc) is 2.83. The maximum atomic E-state index is 12.9. The van der Waals surface area contributed by atoms with Crippen LogP contribution in [0.2, 0.25) is 0 Å². The number of carbonyl (C=O) groups is 2. The quantitative estimate of drug-likeness (QED) is 0.563. The van der Waals surface area contributed by atoms with Crippen molar-refractivity contribution >= 4 is 11.8 Å². The molecule has 34 heavy (non-hydrogen) atoms. The van der Waals surface area contributed by atoms with E-state index in [-0.39, 0.29) is 17.7 Å². The lowest BCUT2D eigenvalue weighted by Gasteiger charge is -2.32. The van der Waals surface area contributed by atoms with Gasteiger partial charge in [-0.15, -0.1) is 0 Å². The fourth-order valence-electron chi connectivity index (χ4n) is 4.03. The largest absolute Gasteiger partial charge is 0.494 e. The van der Waals surface area contributed by atoms with Crippen molar-refractivity contribution in [1.82, 2.24) is 20.4 Å². The molecule has 1 aliphatic rings. The van der Waals surface area contributed by atoms with Gasteiger partial charge in [0.25, 0.3) is 5.91 Å². The van der Waals surface area contributed by atoms with Crippen molar-refractivity contribution in [3.8, 4) is 5.75 Å². The molecule has 1 aliphatic heterocycles. The number of hydrogen-bond donors (Lipinski definition) is 2. The molecule has 1 atom stereocenters. The molecule has 0 radical (unpaired) electrons. The molecule has 2 aromatic rings. The standard InChI is InChI=1S/C27H38N4O3/c1-5-34-24-11-9-23(10-12-24)26(32)29-25(20(2)3)27(33)28-18-21-7-6-8-22(17-21)19-31-15-13-30(4)14-16-31/h6-12,17,20,25H,5,13-16,18-19H2,1-4H3,(H,28,33)(H,29,32). The van der Waals surface area contributed by atoms with Gasteiger partial charge in [0.15, 0.2) is 0 Å². The highest BCUT2D eigenvalue weighted by Crippen LogP contribution is 2.14. The van der Waals surface area contributed by atoms with Crippen LogP contribution in [0.1, 0.15) is 42.3 Å². The van der Waals surface area contributed by atoms with Gasteiger partial charge in [-0.1, -0.05) is 38.1 Å². The molecule has 7 heteroatoms. The summed E-state index contributed by atoms with van der Waals surface area (Å²) in [4.78, 5) is 30.5. The highest BCUT2D eigenvalue weighted by Gasteiger charge is 2.24. The molecule has 184 valence electrons. The Bertz CT molecular complexity index is 937. The van der Waals surface area contributed by atoms with Crippen LogP contribution in [0.4, 0.5) is 0 Å². The van der Waals surface area contributed by atoms with Crippen LogP contribution in [-0.4, -0.2) is 67.5 Å². The Hall–Kier alpha value is -2.90. The number of piperazine rings is 1. The number of rotatable bonds is 10. The summed E-state index contributed by atoms with van der Waals surface area (Å²) in [6.07, 6.45) is 0. The number of nitrogens with zero attached hydrogens (tertiary/aromatic N) is 2. The monoisotopic (exact) mass is 466 g/mol. The second kappa shape index (κ2) is 12.5. The molecule has 0 aliphatic carbocycles. The SMILES string of the molecule is CCOc1ccc(C(=O)NC(C(=O)NCc2cccc(CN3CCN(C)CC3)c2)C(C)C)cc1. The summed E-state index contributed by atoms with van der Waals surface area (Å²) < 4.78 is 5.43. The second-order valence-corrected chi connectivity index (χ2v) is 9.27. The zero-order valence-corrected chi connectivity index (χ0v) is 20.8. The van der Waals surface area contributed by atoms with Crippen LogP contribution in [0.3, 0.4) is 0 Å². The molecule has 0 aromatic heterocycles. The highest BCUT2D eigenvalue weighted by atomic mass is 16.5. The van der Waals surface area contributed by atoms with Crippen molar-refractivity contribution in [2.24, 2.45) is 5.92 Å². The fourth-order valence-corrected chi connectivity index (χ4v) is 4.03. The third kappa shape index (κ3) is 7.57. The molecule has 3 rings (SSSR count). The summed E-state index contributed by atoms with van der Waals surface area (Å²) in [5.41, 5.74) is 2.80. The predicted octanol–water partition coefficient (Wildman–Crippen LogP) is 2.90. The van der Waals surface area contributed by atoms with Crippen LogP contribution in [-0.2, 0) is 17.9 Å². The molecule has 0 spiro atoms. The van der Waals surface area contributed by atoms with E-state index >= 15 is 0 Å². The Labute approximate surface area is 203 Å². The van der Waals surface area contributed by atoms with Crippen LogP contribution in [0.5, 0.6) is 5.75 Å². The third-order valence-electron chi connectivity index (χ3n) is 6.12. The number of nitrogens with one attached hydrogen (secondary N) is 2. The zero-order valence-electron chi connectivity index (χ0n) is 20.8. The second-order valence-electron chi connectivity index (χ2n) is 9.27. The van der Waals surface area contributed by atoms with E-state index in [1.54, 1.807) is 24.3 Å². The molecule has 1 fully saturated rings. The van der Waals surface area contributed by atoms with Gasteiger partial charge in [0.05, 0.1) is 6.61 Å². The van der Waals surface area contributed by atoms with Gasteiger partial charge in [-0.3, -0.25) is 14.5 Å². The topological polar surface area (TPSA) is 73.9 Å². The molecule has 2 amide bonds. The van der Waals surface area contributed by atoms with E-state index < -0.39 is 6.04 Å². The maximum absolute atomic E-state index is 12.9. The van der Waals surface area contributed by atoms with Crippen LogP contribution in [0, 0.1) is 5.92 Å². The van der Waals surface area contributed by atoms with E-state index in [1.165, 1.54) is 5.56 Å². The smallest absolute Gasteiger partial charge is 0.251 e. The summed E-state index contributed by atoms with van der Waals surface area (Å²) in [6, 6.07) is 14.7. The molecule has 7 nitrogen and oxygen atoms in total. The van der Waals surface area contributed by atoms with Gasteiger partial charge in [0.2, 0.25) is 5.91 Å². The molecule has 2 aromatic carbocycles. The Kier molecular flexibility index (Phi) is 9.48. The van der Waals surface area contributed by atoms with Crippen molar-refractivity contribution < 1.29 is 14.3 Å². The normalized spacial score (nSPS) is 15.7. The van der Waals surface area contributed by atoms with Gasteiger partial charge >= 0.3 is 0 Å². The first-order chi connectivity index (χ1) is 16.4. The van der Waals surface area contributed by atoms with Gasteiger partial charge in [0, 0.05) is 44.8 Å². The molecule has 1 saturated heterocycles. The summed E-state index contributed by atoms with van der Waals surface area (Å²) in [7, 11) is 2.16. The van der Waals surface area contributed by atoms with E-state index in [2.05, 4.69) is 39.6 Å². The van der Waals surface area contributed by atoms with E-state index in [9.17, 15) is 9.59 Å². The van der Waals surface area contributed by atoms with Crippen molar-refractivity contribution in [3.63, 3.8) is 0 Å². The fraction of sp³-hybridized carbons (Fsp3) is 0.481. The Balaban J connectivity index is 1.54. The van der Waals surface area contributed by atoms with Gasteiger partial charge in [-0.05, 0) is 55.3 Å². The van der Waals surface area contributed by atoms with E-state index in [1.807, 2.05) is 32.9 Å². The first-order valence-corrected chi connectivity index (χ1v) is 12.2. The van der Waals surface area contributed by atoms with Crippen molar-refractivity contribution in [1.29, 1.82) is 0 Å². The first-order valence-electron chi connectivity index (χ1n) is 12.2. The summed E-state index contributed by atoms with van der Waals surface area (Å²) >= 11 is 0. The summed E-state index contributed by atoms with van der Waals surface area (Å²) in [5.74, 6) is 0.215. The van der Waals surface area contributed by atoms with Crippen molar-refractivity contribution in [2.75, 3.05) is 39.8 Å². The number of hydrogen-bond acceptors (Lipinski definition) is 5. The predicted molar refractivity (Wildman–Crippen MR) is 135 cm³/mol. The molecular formula is C27H38N4O3. The minimum atomic E-state index is -0.618. The summed E-state index contributed by atoms with van der Waals surface area (Å²) in [5, 5.41) is 5.89. The van der Waals surface area contributed by atoms with Gasteiger partial charge in [-0.25, -0.2) is 0 Å². The van der Waals surface area contributed by atoms with Crippen LogP contribution in [0.15, 0.2) is 48.5 Å². The third-order valence-corrected chi connectivity index (χ3v) is 6.12. The molecule has 1 heterocycles. The first kappa shape index (κ1) is 25.7. The van der Waals surface area contributed by atoms with Crippen molar-refractivity contribution in [3.05, 3.63) is 65.2 Å². The van der Waals surface area contributed by atoms with Gasteiger partial charge in [0.1, 0.15) is 11.8 Å². The lowest BCUT2D eigenvalue weighted by atomic mass is 10.0. The minimum absolute atomic E-state index is 0.0461. The molecule has 0 saturated carbocycles. The zero-order chi connectivity index (χ0) is 24.5. The highest BCUT2D eigenvalue weighted by molar-refractivity contribution is 5.97. The molecule has 0 bridgehead atoms. The van der Waals surface area contributed by atoms with Crippen LogP contribution >= 0.6 is 0 Å². The number of benzene rings is 2. The maximum Gasteiger partial charge on any atom is 0.251 e. The number of carbonyl (C=O) groups excluding carboxylic acids is 2. The van der Waals surface area contributed by atoms with E-state index in [0.717, 1.165) is 38.3 Å². The van der Waals surface area contributed by atoms with Gasteiger partial charge in [-0.2, -0.15) is 0 Å². The lowest BCUT2D eigenvalue weighted by Crippen LogP contribution is -2.49. The van der Waals surface area contributed by atoms with E-state index in [4.69, 9.17) is 4.74 Å². The average molecular weight is 467 g/mol. The number of amides is 2. The minimum Gasteiger partial charge on any atom is -0.494 e. The molecule has 2 N–H and O–H groups in total. The van der Waals surface area contributed by atoms with Crippen LogP contribution in [0.25, 0.3) is 0 Å². The van der Waals surface area contributed by atoms with Crippen molar-refractivity contribution in [2.45, 2.75) is 39.9 Å². The number of ether oxygens (including phenoxy) is 1. The lowest BCUT2D eigenvalue weighted by molar-refractivity contribution is -0.124. The van der Waals surface area contributed by atoms with E-state index in [0.29, 0.717) is 24.5 Å². The Morgan fingerprint density at radius 3 is 2.32 bits per heavy atom. The Morgan fingerprint density at radius 2 is 1.68 bits per heavy atom. The number of likely N-dealkylation sites (N-methyl/N-ethyl adjacent to an activating group) is 1. The summed E-state index contributed by atoms with van der Waals surface area (Å²) in [6.45, 7) is 12.0.